The molecule has 2 aliphatic rings. The molecule has 0 bridgehead atoms. The van der Waals surface area contributed by atoms with Gasteiger partial charge in [0.25, 0.3) is 17.3 Å². The van der Waals surface area contributed by atoms with Crippen molar-refractivity contribution in [2.75, 3.05) is 19.9 Å². The number of hydrogen-bond donors (Lipinski definition) is 3. The fourth-order valence-corrected chi connectivity index (χ4v) is 6.01. The first kappa shape index (κ1) is 28.3. The zero-order valence-corrected chi connectivity index (χ0v) is 23.9. The molecule has 11 heteroatoms. The van der Waals surface area contributed by atoms with Crippen LogP contribution in [0.1, 0.15) is 59.8 Å². The maximum atomic E-state index is 13.2. The Morgan fingerprint density at radius 3 is 2.53 bits per heavy atom. The molecule has 2 amide bonds. The SMILES string of the molecule is CNC(=O)COC1CCC(C2(C)Oc3c(Cl)cc(C(=O)NCc4c(SC)cc(C)[nH]c4=O)c(C)c3O2)CC1. The molecule has 1 saturated carbocycles. The maximum Gasteiger partial charge on any atom is 0.254 e. The van der Waals surface area contributed by atoms with Crippen molar-refractivity contribution in [1.29, 1.82) is 0 Å². The lowest BCUT2D eigenvalue weighted by Gasteiger charge is -2.37. The number of thioether (sulfide) groups is 1. The molecule has 2 heterocycles. The number of aromatic nitrogens is 1. The molecule has 1 aromatic heterocycles. The highest BCUT2D eigenvalue weighted by Gasteiger charge is 2.47. The van der Waals surface area contributed by atoms with Gasteiger partial charge in [0.2, 0.25) is 5.91 Å². The molecule has 38 heavy (non-hydrogen) atoms. The molecule has 9 nitrogen and oxygen atoms in total. The maximum absolute atomic E-state index is 13.2. The quantitative estimate of drug-likeness (QED) is 0.414. The van der Waals surface area contributed by atoms with Gasteiger partial charge in [0.1, 0.15) is 6.61 Å². The number of nitrogens with one attached hydrogen (secondary N) is 3. The van der Waals surface area contributed by atoms with E-state index in [1.807, 2.05) is 26.2 Å². The number of ether oxygens (including phenoxy) is 3. The van der Waals surface area contributed by atoms with Crippen LogP contribution in [0.2, 0.25) is 5.02 Å². The average molecular weight is 564 g/mol. The van der Waals surface area contributed by atoms with Gasteiger partial charge in [-0.3, -0.25) is 14.4 Å². The topological polar surface area (TPSA) is 119 Å². The number of pyridine rings is 1. The fraction of sp³-hybridized carbons (Fsp3) is 0.519. The summed E-state index contributed by atoms with van der Waals surface area (Å²) >= 11 is 8.03. The van der Waals surface area contributed by atoms with Crippen molar-refractivity contribution in [1.82, 2.24) is 15.6 Å². The van der Waals surface area contributed by atoms with Crippen LogP contribution in [0.4, 0.5) is 0 Å². The Labute approximate surface area is 231 Å². The predicted octanol–water partition coefficient (Wildman–Crippen LogP) is 4.11. The third-order valence-corrected chi connectivity index (χ3v) is 8.40. The highest BCUT2D eigenvalue weighted by Crippen LogP contribution is 2.51. The number of fused-ring (bicyclic) bond motifs is 1. The highest BCUT2D eigenvalue weighted by atomic mass is 35.5. The molecule has 0 saturated heterocycles. The van der Waals surface area contributed by atoms with Gasteiger partial charge < -0.3 is 29.8 Å². The molecule has 206 valence electrons. The Morgan fingerprint density at radius 2 is 1.87 bits per heavy atom. The van der Waals surface area contributed by atoms with Gasteiger partial charge in [0.05, 0.1) is 11.1 Å². The van der Waals surface area contributed by atoms with E-state index in [2.05, 4.69) is 15.6 Å². The number of amides is 2. The summed E-state index contributed by atoms with van der Waals surface area (Å²) in [4.78, 5) is 40.7. The minimum absolute atomic E-state index is 0.0175. The molecule has 0 radical (unpaired) electrons. The first-order valence-corrected chi connectivity index (χ1v) is 14.2. The van der Waals surface area contributed by atoms with Crippen LogP contribution in [0.5, 0.6) is 11.5 Å². The molecule has 4 rings (SSSR count). The lowest BCUT2D eigenvalue weighted by Crippen LogP contribution is -2.45. The number of H-pyrrole nitrogens is 1. The van der Waals surface area contributed by atoms with E-state index < -0.39 is 5.79 Å². The molecular weight excluding hydrogens is 530 g/mol. The van der Waals surface area contributed by atoms with Gasteiger partial charge in [-0.05, 0) is 57.9 Å². The number of hydrogen-bond acceptors (Lipinski definition) is 7. The van der Waals surface area contributed by atoms with Crippen molar-refractivity contribution in [3.63, 3.8) is 0 Å². The van der Waals surface area contributed by atoms with E-state index in [0.717, 1.165) is 36.3 Å². The van der Waals surface area contributed by atoms with Crippen molar-refractivity contribution in [2.45, 2.75) is 69.8 Å². The van der Waals surface area contributed by atoms with Gasteiger partial charge >= 0.3 is 0 Å². The normalized spacial score (nSPS) is 22.3. The van der Waals surface area contributed by atoms with Crippen molar-refractivity contribution in [3.8, 4) is 11.5 Å². The second kappa shape index (κ2) is 11.6. The molecule has 1 aromatic carbocycles. The zero-order chi connectivity index (χ0) is 27.6. The summed E-state index contributed by atoms with van der Waals surface area (Å²) in [6.45, 7) is 5.65. The second-order valence-electron chi connectivity index (χ2n) is 9.88. The summed E-state index contributed by atoms with van der Waals surface area (Å²) in [6.07, 6.45) is 5.09. The smallest absolute Gasteiger partial charge is 0.254 e. The Kier molecular flexibility index (Phi) is 8.64. The average Bonchev–Trinajstić information content (AvgIpc) is 3.28. The second-order valence-corrected chi connectivity index (χ2v) is 11.1. The summed E-state index contributed by atoms with van der Waals surface area (Å²) in [5.74, 6) is -0.453. The molecule has 1 aliphatic heterocycles. The molecule has 1 aliphatic carbocycles. The van der Waals surface area contributed by atoms with Crippen LogP contribution >= 0.6 is 23.4 Å². The standard InChI is InChI=1S/C27H34ClN3O6S/c1-14-10-21(38-5)19(26(34)31-14)12-30-25(33)18-11-20(28)24-23(15(18)2)36-27(3,37-24)16-6-8-17(9-7-16)35-13-22(32)29-4/h10-11,16-17H,6-9,12-13H2,1-5H3,(H,29,32)(H,30,33)(H,31,34). The molecule has 2 aromatic rings. The monoisotopic (exact) mass is 563 g/mol. The van der Waals surface area contributed by atoms with Crippen LogP contribution in [-0.4, -0.2) is 48.6 Å². The van der Waals surface area contributed by atoms with E-state index in [1.54, 1.807) is 20.0 Å². The minimum Gasteiger partial charge on any atom is -0.448 e. The number of carbonyl (C=O) groups excluding carboxylic acids is 2. The van der Waals surface area contributed by atoms with E-state index >= 15 is 0 Å². The lowest BCUT2D eigenvalue weighted by atomic mass is 9.82. The number of aryl methyl sites for hydroxylation is 1. The number of aromatic amines is 1. The van der Waals surface area contributed by atoms with E-state index in [4.69, 9.17) is 25.8 Å². The van der Waals surface area contributed by atoms with Crippen LogP contribution in [0, 0.1) is 19.8 Å². The summed E-state index contributed by atoms with van der Waals surface area (Å²) in [5, 5.41) is 5.71. The number of halogens is 1. The first-order valence-electron chi connectivity index (χ1n) is 12.6. The van der Waals surface area contributed by atoms with Crippen LogP contribution in [0.15, 0.2) is 21.8 Å². The number of carbonyl (C=O) groups is 2. The predicted molar refractivity (Wildman–Crippen MR) is 146 cm³/mol. The summed E-state index contributed by atoms with van der Waals surface area (Å²) in [7, 11) is 1.59. The highest BCUT2D eigenvalue weighted by molar-refractivity contribution is 7.98. The Morgan fingerprint density at radius 1 is 1.18 bits per heavy atom. The van der Waals surface area contributed by atoms with Gasteiger partial charge in [-0.1, -0.05) is 11.6 Å². The van der Waals surface area contributed by atoms with E-state index in [-0.39, 0.29) is 42.5 Å². The Hall–Kier alpha value is -2.69. The van der Waals surface area contributed by atoms with Gasteiger partial charge in [0, 0.05) is 53.7 Å². The third kappa shape index (κ3) is 5.82. The first-order chi connectivity index (χ1) is 18.1. The van der Waals surface area contributed by atoms with Crippen molar-refractivity contribution < 1.29 is 23.8 Å². The number of likely N-dealkylation sites (N-methyl/N-ethyl adjacent to an activating group) is 1. The number of rotatable bonds is 8. The summed E-state index contributed by atoms with van der Waals surface area (Å²) < 4.78 is 18.4. The van der Waals surface area contributed by atoms with E-state index in [1.165, 1.54) is 11.8 Å². The Bertz CT molecular complexity index is 1290. The minimum atomic E-state index is -0.931. The van der Waals surface area contributed by atoms with Gasteiger partial charge in [-0.15, -0.1) is 11.8 Å². The zero-order valence-electron chi connectivity index (χ0n) is 22.3. The van der Waals surface area contributed by atoms with Crippen LogP contribution in [0.3, 0.4) is 0 Å². The largest absolute Gasteiger partial charge is 0.448 e. The molecule has 1 unspecified atom stereocenters. The molecule has 0 spiro atoms. The number of benzene rings is 1. The molecule has 1 fully saturated rings. The Balaban J connectivity index is 1.45. The van der Waals surface area contributed by atoms with Gasteiger partial charge in [0.15, 0.2) is 11.5 Å². The van der Waals surface area contributed by atoms with Gasteiger partial charge in [-0.25, -0.2) is 0 Å². The van der Waals surface area contributed by atoms with Crippen molar-refractivity contribution in [2.24, 2.45) is 5.92 Å². The molecule has 3 N–H and O–H groups in total. The third-order valence-electron chi connectivity index (χ3n) is 7.31. The fourth-order valence-electron chi connectivity index (χ4n) is 5.07. The summed E-state index contributed by atoms with van der Waals surface area (Å²) in [6, 6.07) is 3.47. The van der Waals surface area contributed by atoms with Crippen LogP contribution < -0.4 is 25.7 Å². The van der Waals surface area contributed by atoms with E-state index in [0.29, 0.717) is 33.2 Å². The van der Waals surface area contributed by atoms with E-state index in [9.17, 15) is 14.4 Å². The van der Waals surface area contributed by atoms with Crippen molar-refractivity contribution in [3.05, 3.63) is 49.9 Å². The van der Waals surface area contributed by atoms with Crippen LogP contribution in [-0.2, 0) is 16.1 Å². The van der Waals surface area contributed by atoms with Gasteiger partial charge in [-0.2, -0.15) is 0 Å². The summed E-state index contributed by atoms with van der Waals surface area (Å²) in [5.41, 5.74) is 2.03. The molecular formula is C27H34ClN3O6S. The van der Waals surface area contributed by atoms with Crippen LogP contribution in [0.25, 0.3) is 0 Å². The lowest BCUT2D eigenvalue weighted by molar-refractivity contribution is -0.137. The molecule has 1 atom stereocenters. The van der Waals surface area contributed by atoms with Crippen molar-refractivity contribution >= 4 is 35.2 Å².